The molecule has 1 aromatic rings. The molecule has 0 saturated heterocycles. The quantitative estimate of drug-likeness (QED) is 0.245. The van der Waals surface area contributed by atoms with Crippen LogP contribution in [-0.4, -0.2) is 68.9 Å². The Hall–Kier alpha value is -1.01. The van der Waals surface area contributed by atoms with E-state index in [1.807, 2.05) is 19.0 Å². The minimum absolute atomic E-state index is 0.0125. The molecule has 0 spiro atoms. The molecular formula is C15H20Br2N2O6S. The Morgan fingerprint density at radius 3 is 2.04 bits per heavy atom. The molecule has 0 bridgehead atoms. The minimum Gasteiger partial charge on any atom is -0.473 e. The first-order valence-corrected chi connectivity index (χ1v) is 10.5. The van der Waals surface area contributed by atoms with Gasteiger partial charge in [-0.3, -0.25) is 0 Å². The monoisotopic (exact) mass is 514 g/mol. The van der Waals surface area contributed by atoms with E-state index in [2.05, 4.69) is 31.9 Å². The molecule has 0 aliphatic carbocycles. The molecule has 0 heterocycles. The fourth-order valence-electron chi connectivity index (χ4n) is 1.98. The summed E-state index contributed by atoms with van der Waals surface area (Å²) in [6, 6.07) is 2.53. The molecule has 0 fully saturated rings. The molecule has 0 atom stereocenters. The van der Waals surface area contributed by atoms with E-state index in [9.17, 15) is 18.0 Å². The van der Waals surface area contributed by atoms with Gasteiger partial charge in [0.15, 0.2) is 5.75 Å². The van der Waals surface area contributed by atoms with Crippen molar-refractivity contribution < 1.29 is 27.9 Å². The molecule has 0 saturated carbocycles. The van der Waals surface area contributed by atoms with Crippen LogP contribution in [0.2, 0.25) is 0 Å². The van der Waals surface area contributed by atoms with Gasteiger partial charge in [-0.05, 0) is 77.5 Å². The highest BCUT2D eigenvalue weighted by Gasteiger charge is 2.25. The number of carbonyl (C=O) groups excluding carboxylic acids is 1. The van der Waals surface area contributed by atoms with Gasteiger partial charge in [-0.15, -0.1) is 0 Å². The number of hydrogen-bond acceptors (Lipinski definition) is 6. The molecule has 0 aromatic heterocycles. The van der Waals surface area contributed by atoms with E-state index in [1.54, 1.807) is 0 Å². The van der Waals surface area contributed by atoms with Crippen molar-refractivity contribution >= 4 is 53.8 Å². The third-order valence-electron chi connectivity index (χ3n) is 3.38. The summed E-state index contributed by atoms with van der Waals surface area (Å²) < 4.78 is 31.6. The van der Waals surface area contributed by atoms with Gasteiger partial charge >= 0.3 is 11.9 Å². The number of hydrogen-bond donors (Lipinski definition) is 1. The van der Waals surface area contributed by atoms with Crippen LogP contribution < -0.4 is 4.74 Å². The lowest BCUT2D eigenvalue weighted by Crippen LogP contribution is -2.28. The molecule has 1 rings (SSSR count). The Labute approximate surface area is 169 Å². The van der Waals surface area contributed by atoms with Gasteiger partial charge in [0, 0.05) is 13.6 Å². The van der Waals surface area contributed by atoms with Crippen molar-refractivity contribution in [2.24, 2.45) is 0 Å². The second-order valence-electron chi connectivity index (χ2n) is 5.75. The Morgan fingerprint density at radius 1 is 1.08 bits per heavy atom. The van der Waals surface area contributed by atoms with E-state index in [0.717, 1.165) is 13.0 Å². The fourth-order valence-corrected chi connectivity index (χ4v) is 4.90. The molecule has 0 radical (unpaired) electrons. The predicted molar refractivity (Wildman–Crippen MR) is 103 cm³/mol. The van der Waals surface area contributed by atoms with E-state index in [4.69, 9.17) is 9.84 Å². The van der Waals surface area contributed by atoms with Crippen LogP contribution in [0, 0.1) is 0 Å². The smallest absolute Gasteiger partial charge is 0.422 e. The summed E-state index contributed by atoms with van der Waals surface area (Å²) in [4.78, 5) is 23.8. The van der Waals surface area contributed by atoms with E-state index in [0.29, 0.717) is 13.0 Å². The van der Waals surface area contributed by atoms with Crippen LogP contribution >= 0.6 is 31.9 Å². The van der Waals surface area contributed by atoms with Crippen LogP contribution in [0.3, 0.4) is 0 Å². The third-order valence-corrected chi connectivity index (χ3v) is 6.39. The van der Waals surface area contributed by atoms with Gasteiger partial charge < -0.3 is 14.7 Å². The fraction of sp³-hybridized carbons (Fsp3) is 0.467. The molecule has 0 unspecified atom stereocenters. The number of unbranched alkanes of at least 4 members (excludes halogenated alkanes) is 1. The van der Waals surface area contributed by atoms with Crippen LogP contribution in [0.25, 0.3) is 0 Å². The van der Waals surface area contributed by atoms with Gasteiger partial charge in [0.1, 0.15) is 0 Å². The summed E-state index contributed by atoms with van der Waals surface area (Å²) in [5.41, 5.74) is 0. The number of carbonyl (C=O) groups is 2. The molecular weight excluding hydrogens is 496 g/mol. The van der Waals surface area contributed by atoms with Crippen molar-refractivity contribution in [3.63, 3.8) is 0 Å². The maximum atomic E-state index is 12.7. The molecule has 0 aliphatic heterocycles. The van der Waals surface area contributed by atoms with Gasteiger partial charge in [-0.2, -0.15) is 0 Å². The second kappa shape index (κ2) is 9.79. The zero-order valence-electron chi connectivity index (χ0n) is 14.5. The van der Waals surface area contributed by atoms with Crippen molar-refractivity contribution in [3.05, 3.63) is 21.1 Å². The number of ether oxygens (including phenoxy) is 1. The van der Waals surface area contributed by atoms with Gasteiger partial charge in [-0.1, -0.05) is 0 Å². The molecule has 0 amide bonds. The summed E-state index contributed by atoms with van der Waals surface area (Å²) in [6.45, 7) is 1.23. The lowest BCUT2D eigenvalue weighted by atomic mass is 10.3. The summed E-state index contributed by atoms with van der Waals surface area (Å²) in [7, 11) is 1.65. The molecule has 146 valence electrons. The Kier molecular flexibility index (Phi) is 8.67. The number of aliphatic carboxylic acids is 1. The Balaban J connectivity index is 2.96. The van der Waals surface area contributed by atoms with Gasteiger partial charge in [0.05, 0.1) is 13.8 Å². The first kappa shape index (κ1) is 23.0. The maximum absolute atomic E-state index is 12.7. The van der Waals surface area contributed by atoms with Crippen molar-refractivity contribution in [2.45, 2.75) is 17.7 Å². The highest BCUT2D eigenvalue weighted by molar-refractivity contribution is 9.11. The molecule has 0 aliphatic rings. The normalized spacial score (nSPS) is 11.8. The Bertz CT molecular complexity index is 759. The molecule has 26 heavy (non-hydrogen) atoms. The van der Waals surface area contributed by atoms with Crippen LogP contribution in [0.15, 0.2) is 26.0 Å². The summed E-state index contributed by atoms with van der Waals surface area (Å²) in [6.07, 6.45) is 1.58. The van der Waals surface area contributed by atoms with E-state index in [1.165, 1.54) is 23.5 Å². The van der Waals surface area contributed by atoms with Crippen LogP contribution in [0.4, 0.5) is 0 Å². The van der Waals surface area contributed by atoms with Crippen molar-refractivity contribution in [2.75, 3.05) is 34.2 Å². The highest BCUT2D eigenvalue weighted by atomic mass is 79.9. The number of benzene rings is 1. The molecule has 8 nitrogen and oxygen atoms in total. The highest BCUT2D eigenvalue weighted by Crippen LogP contribution is 2.36. The molecule has 1 N–H and O–H groups in total. The van der Waals surface area contributed by atoms with Crippen molar-refractivity contribution in [1.82, 2.24) is 9.21 Å². The number of carboxylic acid groups (broad SMARTS) is 1. The SMILES string of the molecule is CN(C)CCCCN(C)S(=O)(=O)c1cc(Br)c(OC(=O)C(=O)O)c(Br)c1. The third kappa shape index (κ3) is 6.31. The predicted octanol–water partition coefficient (Wildman–Crippen LogP) is 2.16. The minimum atomic E-state index is -3.74. The Morgan fingerprint density at radius 2 is 1.58 bits per heavy atom. The topological polar surface area (TPSA) is 104 Å². The van der Waals surface area contributed by atoms with Crippen LogP contribution in [0.1, 0.15) is 12.8 Å². The maximum Gasteiger partial charge on any atom is 0.422 e. The number of nitrogens with zero attached hydrogens (tertiary/aromatic N) is 2. The van der Waals surface area contributed by atoms with Gasteiger partial charge in [-0.25, -0.2) is 22.3 Å². The van der Waals surface area contributed by atoms with E-state index >= 15 is 0 Å². The first-order chi connectivity index (χ1) is 12.0. The zero-order valence-corrected chi connectivity index (χ0v) is 18.5. The number of carboxylic acids is 1. The van der Waals surface area contributed by atoms with E-state index < -0.39 is 22.0 Å². The van der Waals surface area contributed by atoms with Gasteiger partial charge in [0.2, 0.25) is 10.0 Å². The van der Waals surface area contributed by atoms with Crippen LogP contribution in [0.5, 0.6) is 5.75 Å². The molecule has 1 aromatic carbocycles. The second-order valence-corrected chi connectivity index (χ2v) is 9.50. The lowest BCUT2D eigenvalue weighted by molar-refractivity contribution is -0.158. The summed E-state index contributed by atoms with van der Waals surface area (Å²) in [5.74, 6) is -3.33. The number of sulfonamides is 1. The standard InChI is InChI=1S/C15H20Br2N2O6S/c1-18(2)6-4-5-7-19(3)26(23,24)10-8-11(16)13(12(17)9-10)25-15(22)14(20)21/h8-9H,4-7H2,1-3H3,(H,20,21). The average Bonchev–Trinajstić information content (AvgIpc) is 2.53. The summed E-state index contributed by atoms with van der Waals surface area (Å²) >= 11 is 6.22. The van der Waals surface area contributed by atoms with Crippen LogP contribution in [-0.2, 0) is 19.6 Å². The lowest BCUT2D eigenvalue weighted by Gasteiger charge is -2.19. The summed E-state index contributed by atoms with van der Waals surface area (Å²) in [5, 5.41) is 8.61. The first-order valence-electron chi connectivity index (χ1n) is 7.52. The van der Waals surface area contributed by atoms with Gasteiger partial charge in [0.25, 0.3) is 0 Å². The number of esters is 1. The van der Waals surface area contributed by atoms with E-state index in [-0.39, 0.29) is 19.6 Å². The number of halogens is 2. The van der Waals surface area contributed by atoms with Crippen molar-refractivity contribution in [3.8, 4) is 5.75 Å². The largest absolute Gasteiger partial charge is 0.473 e. The zero-order chi connectivity index (χ0) is 20.1. The number of rotatable bonds is 8. The van der Waals surface area contributed by atoms with Crippen molar-refractivity contribution in [1.29, 1.82) is 0 Å². The average molecular weight is 516 g/mol. The molecule has 11 heteroatoms.